The highest BCUT2D eigenvalue weighted by molar-refractivity contribution is 5.91. The normalized spacial score (nSPS) is 11.4. The maximum Gasteiger partial charge on any atom is 0.311 e. The maximum absolute atomic E-state index is 12.3. The van der Waals surface area contributed by atoms with Crippen molar-refractivity contribution in [2.75, 3.05) is 20.6 Å². The minimum atomic E-state index is -0.117. The van der Waals surface area contributed by atoms with E-state index in [1.54, 1.807) is 0 Å². The summed E-state index contributed by atoms with van der Waals surface area (Å²) in [5, 5.41) is 1.05. The van der Waals surface area contributed by atoms with Gasteiger partial charge in [-0.25, -0.2) is 0 Å². The number of H-pyrrole nitrogens is 1. The summed E-state index contributed by atoms with van der Waals surface area (Å²) >= 11 is 0. The molecule has 0 aliphatic rings. The molecule has 0 amide bonds. The third-order valence-corrected chi connectivity index (χ3v) is 5.04. The second kappa shape index (κ2) is 11.8. The van der Waals surface area contributed by atoms with Crippen molar-refractivity contribution < 1.29 is 9.53 Å². The first-order chi connectivity index (χ1) is 13.1. The number of nitrogens with one attached hydrogen (secondary N) is 1. The number of unbranched alkanes of at least 4 members (excludes halogenated alkanes) is 7. The fraction of sp³-hybridized carbons (Fsp3) is 0.609. The van der Waals surface area contributed by atoms with Crippen molar-refractivity contribution in [3.05, 3.63) is 30.0 Å². The van der Waals surface area contributed by atoms with Crippen molar-refractivity contribution in [1.29, 1.82) is 0 Å². The summed E-state index contributed by atoms with van der Waals surface area (Å²) in [5.41, 5.74) is 2.23. The lowest BCUT2D eigenvalue weighted by atomic mass is 10.1. The van der Waals surface area contributed by atoms with Crippen molar-refractivity contribution >= 4 is 16.9 Å². The first kappa shape index (κ1) is 21.5. The van der Waals surface area contributed by atoms with Crippen molar-refractivity contribution in [1.82, 2.24) is 9.88 Å². The minimum Gasteiger partial charge on any atom is -0.426 e. The smallest absolute Gasteiger partial charge is 0.311 e. The molecule has 0 saturated carbocycles. The molecule has 1 heterocycles. The van der Waals surface area contributed by atoms with Crippen LogP contribution in [0.2, 0.25) is 0 Å². The predicted molar refractivity (Wildman–Crippen MR) is 113 cm³/mol. The molecule has 1 N–H and O–H groups in total. The summed E-state index contributed by atoms with van der Waals surface area (Å²) in [6.45, 7) is 3.21. The van der Waals surface area contributed by atoms with E-state index in [4.69, 9.17) is 4.74 Å². The number of hydrogen-bond acceptors (Lipinski definition) is 3. The van der Waals surface area contributed by atoms with Crippen LogP contribution < -0.4 is 4.74 Å². The van der Waals surface area contributed by atoms with Crippen LogP contribution >= 0.6 is 0 Å². The van der Waals surface area contributed by atoms with Gasteiger partial charge in [0.1, 0.15) is 5.75 Å². The summed E-state index contributed by atoms with van der Waals surface area (Å²) in [7, 11) is 4.14. The van der Waals surface area contributed by atoms with Crippen molar-refractivity contribution in [2.24, 2.45) is 0 Å². The number of carbonyl (C=O) groups excluding carboxylic acids is 1. The Hall–Kier alpha value is -1.81. The fourth-order valence-corrected chi connectivity index (χ4v) is 3.42. The number of fused-ring (bicyclic) bond motifs is 1. The molecule has 4 heteroatoms. The van der Waals surface area contributed by atoms with Crippen LogP contribution in [0.1, 0.15) is 70.3 Å². The van der Waals surface area contributed by atoms with Gasteiger partial charge in [-0.2, -0.15) is 0 Å². The van der Waals surface area contributed by atoms with Gasteiger partial charge in [0.15, 0.2) is 0 Å². The van der Waals surface area contributed by atoms with Crippen LogP contribution in [0.3, 0.4) is 0 Å². The zero-order chi connectivity index (χ0) is 19.5. The van der Waals surface area contributed by atoms with Crippen LogP contribution in [-0.2, 0) is 11.2 Å². The van der Waals surface area contributed by atoms with Crippen LogP contribution in [0.15, 0.2) is 24.4 Å². The van der Waals surface area contributed by atoms with Gasteiger partial charge in [-0.15, -0.1) is 0 Å². The lowest BCUT2D eigenvalue weighted by molar-refractivity contribution is -0.134. The first-order valence-corrected chi connectivity index (χ1v) is 10.6. The molecule has 1 aromatic carbocycles. The second-order valence-corrected chi connectivity index (χ2v) is 7.74. The van der Waals surface area contributed by atoms with E-state index in [1.165, 1.54) is 44.1 Å². The number of aromatic nitrogens is 1. The fourth-order valence-electron chi connectivity index (χ4n) is 3.42. The molecule has 0 spiro atoms. The molecule has 0 aliphatic heterocycles. The molecule has 150 valence electrons. The molecule has 4 nitrogen and oxygen atoms in total. The monoisotopic (exact) mass is 372 g/mol. The number of likely N-dealkylation sites (N-methyl/N-ethyl adjacent to an activating group) is 1. The van der Waals surface area contributed by atoms with Crippen LogP contribution in [-0.4, -0.2) is 36.5 Å². The lowest BCUT2D eigenvalue weighted by Gasteiger charge is -2.10. The Morgan fingerprint density at radius 2 is 1.74 bits per heavy atom. The van der Waals surface area contributed by atoms with Crippen molar-refractivity contribution in [3.8, 4) is 5.75 Å². The van der Waals surface area contributed by atoms with Crippen LogP contribution in [0.4, 0.5) is 0 Å². The number of carbonyl (C=O) groups is 1. The van der Waals surface area contributed by atoms with E-state index in [0.29, 0.717) is 12.2 Å². The second-order valence-electron chi connectivity index (χ2n) is 7.74. The topological polar surface area (TPSA) is 45.3 Å². The molecule has 0 fully saturated rings. The summed E-state index contributed by atoms with van der Waals surface area (Å²) < 4.78 is 5.72. The number of aromatic amines is 1. The third kappa shape index (κ3) is 7.37. The summed E-state index contributed by atoms with van der Waals surface area (Å²) in [6, 6.07) is 5.87. The van der Waals surface area contributed by atoms with E-state index in [2.05, 4.69) is 30.9 Å². The number of benzene rings is 1. The number of esters is 1. The van der Waals surface area contributed by atoms with Crippen LogP contribution in [0.5, 0.6) is 5.75 Å². The van der Waals surface area contributed by atoms with Crippen molar-refractivity contribution in [3.63, 3.8) is 0 Å². The molecule has 0 saturated heterocycles. The lowest BCUT2D eigenvalue weighted by Crippen LogP contribution is -2.15. The minimum absolute atomic E-state index is 0.117. The van der Waals surface area contributed by atoms with Gasteiger partial charge >= 0.3 is 5.97 Å². The Kier molecular flexibility index (Phi) is 9.40. The molecule has 0 radical (unpaired) electrons. The van der Waals surface area contributed by atoms with Gasteiger partial charge in [-0.05, 0) is 44.6 Å². The van der Waals surface area contributed by atoms with Gasteiger partial charge in [0.05, 0.1) is 0 Å². The molecular formula is C23H36N2O2. The van der Waals surface area contributed by atoms with E-state index in [1.807, 2.05) is 24.4 Å². The molecule has 1 aromatic heterocycles. The Morgan fingerprint density at radius 3 is 2.44 bits per heavy atom. The van der Waals surface area contributed by atoms with E-state index in [9.17, 15) is 4.79 Å². The van der Waals surface area contributed by atoms with Gasteiger partial charge in [-0.3, -0.25) is 4.79 Å². The molecule has 2 aromatic rings. The molecule has 27 heavy (non-hydrogen) atoms. The third-order valence-electron chi connectivity index (χ3n) is 5.04. The molecule has 0 bridgehead atoms. The standard InChI is InChI=1S/C23H36N2O2/c1-4-5-6-7-8-9-10-11-15-22(26)27-21-14-12-13-20-23(21)19(18-24-20)16-17-25(2)3/h12-14,18,24H,4-11,15-17H2,1-3H3. The van der Waals surface area contributed by atoms with Gasteiger partial charge in [-0.1, -0.05) is 57.9 Å². The predicted octanol–water partition coefficient (Wildman–Crippen LogP) is 5.71. The zero-order valence-electron chi connectivity index (χ0n) is 17.4. The average Bonchev–Trinajstić information content (AvgIpc) is 3.06. The highest BCUT2D eigenvalue weighted by Crippen LogP contribution is 2.29. The number of hydrogen-bond donors (Lipinski definition) is 1. The first-order valence-electron chi connectivity index (χ1n) is 10.6. The molecule has 2 rings (SSSR count). The quantitative estimate of drug-likeness (QED) is 0.278. The highest BCUT2D eigenvalue weighted by Gasteiger charge is 2.13. The van der Waals surface area contributed by atoms with Crippen molar-refractivity contribution in [2.45, 2.75) is 71.1 Å². The summed E-state index contributed by atoms with van der Waals surface area (Å²) in [6.07, 6.45) is 13.3. The zero-order valence-corrected chi connectivity index (χ0v) is 17.4. The van der Waals surface area contributed by atoms with E-state index in [0.717, 1.165) is 36.7 Å². The van der Waals surface area contributed by atoms with Gasteiger partial charge in [0.2, 0.25) is 0 Å². The maximum atomic E-state index is 12.3. The van der Waals surface area contributed by atoms with Crippen LogP contribution in [0.25, 0.3) is 10.9 Å². The van der Waals surface area contributed by atoms with Gasteiger partial charge < -0.3 is 14.6 Å². The van der Waals surface area contributed by atoms with Gasteiger partial charge in [0, 0.05) is 30.1 Å². The highest BCUT2D eigenvalue weighted by atomic mass is 16.5. The Balaban J connectivity index is 1.81. The Labute approximate surface area is 164 Å². The molecule has 0 unspecified atom stereocenters. The van der Waals surface area contributed by atoms with Crippen LogP contribution in [0, 0.1) is 0 Å². The number of ether oxygens (including phenoxy) is 1. The Bertz CT molecular complexity index is 691. The SMILES string of the molecule is CCCCCCCCCCC(=O)Oc1cccc2[nH]cc(CCN(C)C)c12. The number of nitrogens with zero attached hydrogens (tertiary/aromatic N) is 1. The molecular weight excluding hydrogens is 336 g/mol. The average molecular weight is 373 g/mol. The molecule has 0 atom stereocenters. The largest absolute Gasteiger partial charge is 0.426 e. The van der Waals surface area contributed by atoms with E-state index >= 15 is 0 Å². The van der Waals surface area contributed by atoms with E-state index < -0.39 is 0 Å². The Morgan fingerprint density at radius 1 is 1.04 bits per heavy atom. The summed E-state index contributed by atoms with van der Waals surface area (Å²) in [4.78, 5) is 17.7. The van der Waals surface area contributed by atoms with Gasteiger partial charge in [0.25, 0.3) is 0 Å². The van der Waals surface area contributed by atoms with E-state index in [-0.39, 0.29) is 5.97 Å². The molecule has 0 aliphatic carbocycles. The summed E-state index contributed by atoms with van der Waals surface area (Å²) in [5.74, 6) is 0.570. The number of rotatable bonds is 13.